The fraction of sp³-hybridized carbons (Fsp3) is 0.385. The normalized spacial score (nSPS) is 10.6. The second kappa shape index (κ2) is 6.08. The van der Waals surface area contributed by atoms with Crippen LogP contribution in [0.1, 0.15) is 19.8 Å². The van der Waals surface area contributed by atoms with Crippen LogP contribution in [-0.2, 0) is 11.3 Å². The van der Waals surface area contributed by atoms with Gasteiger partial charge in [-0.25, -0.2) is 4.98 Å². The van der Waals surface area contributed by atoms with Crippen LogP contribution in [0.15, 0.2) is 29.6 Å². The molecular weight excluding hydrogens is 244 g/mol. The van der Waals surface area contributed by atoms with Crippen LogP contribution in [0.2, 0.25) is 0 Å². The topological polar surface area (TPSA) is 76.9 Å². The van der Waals surface area contributed by atoms with Gasteiger partial charge < -0.3 is 5.32 Å². The van der Waals surface area contributed by atoms with Crippen molar-refractivity contribution in [3.05, 3.63) is 35.1 Å². The van der Waals surface area contributed by atoms with Crippen LogP contribution in [0.25, 0.3) is 10.9 Å². The number of pyridine rings is 1. The molecule has 2 aromatic heterocycles. The average molecular weight is 260 g/mol. The summed E-state index contributed by atoms with van der Waals surface area (Å²) in [5.41, 5.74) is 0.313. The van der Waals surface area contributed by atoms with Crippen molar-refractivity contribution in [2.45, 2.75) is 26.3 Å². The maximum atomic E-state index is 12.1. The fourth-order valence-corrected chi connectivity index (χ4v) is 1.74. The van der Waals surface area contributed by atoms with E-state index in [4.69, 9.17) is 0 Å². The molecule has 0 atom stereocenters. The lowest BCUT2D eigenvalue weighted by molar-refractivity contribution is -0.121. The van der Waals surface area contributed by atoms with Crippen LogP contribution in [0.4, 0.5) is 0 Å². The van der Waals surface area contributed by atoms with Crippen LogP contribution in [0.3, 0.4) is 0 Å². The summed E-state index contributed by atoms with van der Waals surface area (Å²) < 4.78 is 1.31. The van der Waals surface area contributed by atoms with Crippen molar-refractivity contribution in [3.63, 3.8) is 0 Å². The Hall–Kier alpha value is -2.24. The molecule has 2 aromatic rings. The van der Waals surface area contributed by atoms with E-state index in [0.717, 1.165) is 12.8 Å². The Morgan fingerprint density at radius 3 is 3.11 bits per heavy atom. The molecule has 0 unspecified atom stereocenters. The van der Waals surface area contributed by atoms with Gasteiger partial charge in [0.1, 0.15) is 6.54 Å². The van der Waals surface area contributed by atoms with Gasteiger partial charge in [-0.05, 0) is 12.5 Å². The van der Waals surface area contributed by atoms with E-state index in [9.17, 15) is 9.59 Å². The Bertz CT molecular complexity index is 636. The first kappa shape index (κ1) is 13.2. The van der Waals surface area contributed by atoms with E-state index in [1.807, 2.05) is 0 Å². The second-order valence-corrected chi connectivity index (χ2v) is 4.27. The van der Waals surface area contributed by atoms with Crippen LogP contribution < -0.4 is 10.9 Å². The van der Waals surface area contributed by atoms with Gasteiger partial charge in [0.2, 0.25) is 5.91 Å². The zero-order valence-electron chi connectivity index (χ0n) is 10.8. The molecule has 0 saturated heterocycles. The van der Waals surface area contributed by atoms with Crippen LogP contribution in [-0.4, -0.2) is 27.0 Å². The third-order valence-corrected chi connectivity index (χ3v) is 2.79. The Morgan fingerprint density at radius 1 is 1.47 bits per heavy atom. The number of aromatic nitrogens is 3. The molecule has 6 nitrogen and oxygen atoms in total. The number of nitrogens with zero attached hydrogens (tertiary/aromatic N) is 3. The SMILES string of the molecule is CCCCNC(=O)Cn1cnc2cnccc2c1=O. The van der Waals surface area contributed by atoms with E-state index in [1.54, 1.807) is 6.07 Å². The maximum Gasteiger partial charge on any atom is 0.261 e. The Morgan fingerprint density at radius 2 is 2.32 bits per heavy atom. The number of nitrogens with one attached hydrogen (secondary N) is 1. The van der Waals surface area contributed by atoms with E-state index in [-0.39, 0.29) is 18.0 Å². The molecule has 0 aromatic carbocycles. The predicted octanol–water partition coefficient (Wildman–Crippen LogP) is 0.708. The minimum atomic E-state index is -0.224. The summed E-state index contributed by atoms with van der Waals surface area (Å²) >= 11 is 0. The molecule has 19 heavy (non-hydrogen) atoms. The summed E-state index contributed by atoms with van der Waals surface area (Å²) in [7, 11) is 0. The minimum Gasteiger partial charge on any atom is -0.355 e. The molecule has 0 aliphatic rings. The van der Waals surface area contributed by atoms with Gasteiger partial charge in [-0.2, -0.15) is 0 Å². The number of carbonyl (C=O) groups is 1. The highest BCUT2D eigenvalue weighted by Crippen LogP contribution is 2.02. The number of hydrogen-bond acceptors (Lipinski definition) is 4. The lowest BCUT2D eigenvalue weighted by Gasteiger charge is -2.07. The summed E-state index contributed by atoms with van der Waals surface area (Å²) in [6.45, 7) is 2.68. The molecule has 0 fully saturated rings. The Kier molecular flexibility index (Phi) is 4.22. The maximum absolute atomic E-state index is 12.1. The first-order valence-electron chi connectivity index (χ1n) is 6.28. The van der Waals surface area contributed by atoms with E-state index in [0.29, 0.717) is 17.4 Å². The number of rotatable bonds is 5. The first-order chi connectivity index (χ1) is 9.22. The van der Waals surface area contributed by atoms with Gasteiger partial charge in [-0.15, -0.1) is 0 Å². The summed E-state index contributed by atoms with van der Waals surface area (Å²) in [5.74, 6) is -0.175. The van der Waals surface area contributed by atoms with Gasteiger partial charge >= 0.3 is 0 Å². The third-order valence-electron chi connectivity index (χ3n) is 2.79. The molecule has 0 aliphatic heterocycles. The zero-order valence-corrected chi connectivity index (χ0v) is 10.8. The predicted molar refractivity (Wildman–Crippen MR) is 71.7 cm³/mol. The third kappa shape index (κ3) is 3.15. The molecule has 0 bridgehead atoms. The van der Waals surface area contributed by atoms with Crippen LogP contribution >= 0.6 is 0 Å². The van der Waals surface area contributed by atoms with Crippen molar-refractivity contribution in [3.8, 4) is 0 Å². The van der Waals surface area contributed by atoms with Crippen molar-refractivity contribution in [2.24, 2.45) is 0 Å². The smallest absolute Gasteiger partial charge is 0.261 e. The highest BCUT2D eigenvalue weighted by atomic mass is 16.2. The molecule has 0 saturated carbocycles. The highest BCUT2D eigenvalue weighted by molar-refractivity contribution is 5.78. The number of hydrogen-bond donors (Lipinski definition) is 1. The Balaban J connectivity index is 2.15. The Labute approximate surface area is 110 Å². The lowest BCUT2D eigenvalue weighted by atomic mass is 10.3. The van der Waals surface area contributed by atoms with Crippen LogP contribution in [0, 0.1) is 0 Å². The van der Waals surface area contributed by atoms with Crippen molar-refractivity contribution in [1.29, 1.82) is 0 Å². The van der Waals surface area contributed by atoms with Gasteiger partial charge in [0.25, 0.3) is 5.56 Å². The van der Waals surface area contributed by atoms with Gasteiger partial charge in [0.15, 0.2) is 0 Å². The van der Waals surface area contributed by atoms with E-state index in [2.05, 4.69) is 22.2 Å². The minimum absolute atomic E-state index is 0.00614. The molecule has 2 rings (SSSR count). The van der Waals surface area contributed by atoms with Gasteiger partial charge in [0, 0.05) is 12.7 Å². The molecule has 0 radical (unpaired) electrons. The standard InChI is InChI=1S/C13H16N4O2/c1-2-3-5-15-12(18)8-17-9-16-11-7-14-6-4-10(11)13(17)19/h4,6-7,9H,2-3,5,8H2,1H3,(H,15,18). The van der Waals surface area contributed by atoms with E-state index < -0.39 is 0 Å². The summed E-state index contributed by atoms with van der Waals surface area (Å²) in [6, 6.07) is 1.61. The molecule has 2 heterocycles. The molecule has 1 N–H and O–H groups in total. The number of amides is 1. The quantitative estimate of drug-likeness (QED) is 0.803. The second-order valence-electron chi connectivity index (χ2n) is 4.27. The zero-order chi connectivity index (χ0) is 13.7. The lowest BCUT2D eigenvalue weighted by Crippen LogP contribution is -2.32. The highest BCUT2D eigenvalue weighted by Gasteiger charge is 2.07. The van der Waals surface area contributed by atoms with E-state index >= 15 is 0 Å². The largest absolute Gasteiger partial charge is 0.355 e. The molecule has 0 spiro atoms. The summed E-state index contributed by atoms with van der Waals surface area (Å²) in [5, 5.41) is 3.24. The molecular formula is C13H16N4O2. The monoisotopic (exact) mass is 260 g/mol. The number of carbonyl (C=O) groups excluding carboxylic acids is 1. The number of unbranched alkanes of at least 4 members (excludes halogenated alkanes) is 1. The number of fused-ring (bicyclic) bond motifs is 1. The molecule has 6 heteroatoms. The average Bonchev–Trinajstić information content (AvgIpc) is 2.43. The van der Waals surface area contributed by atoms with Gasteiger partial charge in [0.05, 0.1) is 23.4 Å². The van der Waals surface area contributed by atoms with Crippen LogP contribution in [0.5, 0.6) is 0 Å². The summed E-state index contributed by atoms with van der Waals surface area (Å²) in [6.07, 6.45) is 6.40. The van der Waals surface area contributed by atoms with Gasteiger partial charge in [-0.3, -0.25) is 19.1 Å². The van der Waals surface area contributed by atoms with Crippen molar-refractivity contribution in [2.75, 3.05) is 6.54 Å². The van der Waals surface area contributed by atoms with E-state index in [1.165, 1.54) is 23.3 Å². The van der Waals surface area contributed by atoms with Crippen molar-refractivity contribution < 1.29 is 4.79 Å². The molecule has 1 amide bonds. The van der Waals surface area contributed by atoms with Crippen molar-refractivity contribution in [1.82, 2.24) is 19.9 Å². The van der Waals surface area contributed by atoms with Crippen molar-refractivity contribution >= 4 is 16.8 Å². The summed E-state index contributed by atoms with van der Waals surface area (Å²) in [4.78, 5) is 31.8. The fourth-order valence-electron chi connectivity index (χ4n) is 1.74. The first-order valence-corrected chi connectivity index (χ1v) is 6.28. The molecule has 0 aliphatic carbocycles. The molecule has 100 valence electrons. The van der Waals surface area contributed by atoms with Gasteiger partial charge in [-0.1, -0.05) is 13.3 Å².